The summed E-state index contributed by atoms with van der Waals surface area (Å²) >= 11 is 0. The molecule has 0 saturated carbocycles. The Labute approximate surface area is 208 Å². The first kappa shape index (κ1) is 31.9. The molecule has 8 nitrogen and oxygen atoms in total. The number of nitrogens with zero attached hydrogens (tertiary/aromatic N) is 1. The van der Waals surface area contributed by atoms with Crippen LogP contribution in [-0.2, 0) is 25.5 Å². The van der Waals surface area contributed by atoms with Crippen molar-refractivity contribution in [2.75, 3.05) is 40.1 Å². The van der Waals surface area contributed by atoms with Crippen molar-refractivity contribution in [2.24, 2.45) is 16.6 Å². The normalized spacial score (nSPS) is 11.9. The summed E-state index contributed by atoms with van der Waals surface area (Å²) in [5, 5.41) is 16.9. The fraction of sp³-hybridized carbons (Fsp3) is 0.444. The lowest BCUT2D eigenvalue weighted by atomic mass is 10.0. The number of esters is 1. The van der Waals surface area contributed by atoms with Gasteiger partial charge in [-0.1, -0.05) is 57.2 Å². The fourth-order valence-corrected chi connectivity index (χ4v) is 2.74. The number of allylic oxidation sites excluding steroid dienone is 1. The summed E-state index contributed by atoms with van der Waals surface area (Å²) < 4.78 is 10.3. The molecule has 0 heterocycles. The highest BCUT2D eigenvalue weighted by molar-refractivity contribution is 6.09. The number of methoxy groups -OCH3 is 1. The Balaban J connectivity index is 0.00000170. The molecule has 0 aromatic heterocycles. The van der Waals surface area contributed by atoms with Gasteiger partial charge in [0.15, 0.2) is 0 Å². The smallest absolute Gasteiger partial charge is 0.335 e. The number of aliphatic imine (C=N–C) groups is 1. The minimum Gasteiger partial charge on any atom is -0.462 e. The van der Waals surface area contributed by atoms with Gasteiger partial charge in [-0.3, -0.25) is 9.79 Å². The molecule has 1 unspecified atom stereocenters. The molecular formula is C27H40N2O6. The zero-order valence-electron chi connectivity index (χ0n) is 20.9. The van der Waals surface area contributed by atoms with Crippen molar-refractivity contribution < 1.29 is 29.3 Å². The van der Waals surface area contributed by atoms with Gasteiger partial charge in [-0.15, -0.1) is 0 Å². The van der Waals surface area contributed by atoms with Crippen molar-refractivity contribution >= 4 is 24.0 Å². The largest absolute Gasteiger partial charge is 0.462 e. The van der Waals surface area contributed by atoms with E-state index in [1.54, 1.807) is 13.3 Å². The highest BCUT2D eigenvalue weighted by atomic mass is 16.5. The molecule has 0 saturated heterocycles. The third kappa shape index (κ3) is 14.7. The van der Waals surface area contributed by atoms with Gasteiger partial charge in [-0.25, -0.2) is 4.79 Å². The van der Waals surface area contributed by atoms with E-state index >= 15 is 0 Å². The number of rotatable bonds is 16. The highest BCUT2D eigenvalue weighted by Gasteiger charge is 2.13. The van der Waals surface area contributed by atoms with Crippen LogP contribution in [0.3, 0.4) is 0 Å². The maximum Gasteiger partial charge on any atom is 0.335 e. The number of nitrogens with two attached hydrogens (primary N) is 1. The quantitative estimate of drug-likeness (QED) is 0.107. The molecule has 8 heteroatoms. The lowest BCUT2D eigenvalue weighted by Crippen LogP contribution is -2.22. The van der Waals surface area contributed by atoms with Gasteiger partial charge in [0.25, 0.3) is 0 Å². The zero-order valence-corrected chi connectivity index (χ0v) is 20.9. The maximum atomic E-state index is 11.6. The molecule has 0 aliphatic rings. The summed E-state index contributed by atoms with van der Waals surface area (Å²) in [7, 11) is 1.58. The number of aliphatic hydroxyl groups is 2. The first-order valence-corrected chi connectivity index (χ1v) is 11.6. The highest BCUT2D eigenvalue weighted by Crippen LogP contribution is 2.15. The van der Waals surface area contributed by atoms with Gasteiger partial charge >= 0.3 is 5.97 Å². The Morgan fingerprint density at radius 1 is 1.14 bits per heavy atom. The van der Waals surface area contributed by atoms with Crippen molar-refractivity contribution in [2.45, 2.75) is 32.6 Å². The number of aryl methyl sites for hydroxylation is 1. The van der Waals surface area contributed by atoms with E-state index in [-0.39, 0.29) is 30.3 Å². The van der Waals surface area contributed by atoms with E-state index in [0.29, 0.717) is 19.4 Å². The average Bonchev–Trinajstić information content (AvgIpc) is 2.89. The van der Waals surface area contributed by atoms with Crippen LogP contribution >= 0.6 is 0 Å². The number of carbonyl (C=O) groups is 2. The molecule has 4 N–H and O–H groups in total. The van der Waals surface area contributed by atoms with Crippen LogP contribution in [-0.4, -0.2) is 68.8 Å². The number of benzene rings is 1. The van der Waals surface area contributed by atoms with Gasteiger partial charge < -0.3 is 25.4 Å². The molecule has 1 aromatic rings. The van der Waals surface area contributed by atoms with Crippen molar-refractivity contribution in [1.82, 2.24) is 0 Å². The molecule has 194 valence electrons. The summed E-state index contributed by atoms with van der Waals surface area (Å²) in [4.78, 5) is 25.5. The molecule has 0 radical (unpaired) electrons. The molecule has 0 spiro atoms. The van der Waals surface area contributed by atoms with E-state index in [0.717, 1.165) is 17.6 Å². The van der Waals surface area contributed by atoms with Crippen LogP contribution in [0.25, 0.3) is 5.57 Å². The first-order valence-electron chi connectivity index (χ1n) is 11.6. The maximum absolute atomic E-state index is 11.6. The van der Waals surface area contributed by atoms with Gasteiger partial charge in [-0.2, -0.15) is 0 Å². The Hall–Kier alpha value is -3.07. The number of unbranched alkanes of at least 4 members (excludes halogenated alkanes) is 2. The second-order valence-electron chi connectivity index (χ2n) is 7.89. The Bertz CT molecular complexity index is 831. The van der Waals surface area contributed by atoms with E-state index in [4.69, 9.17) is 25.4 Å². The fourth-order valence-electron chi connectivity index (χ4n) is 2.74. The predicted octanol–water partition coefficient (Wildman–Crippen LogP) is 2.88. The minimum atomic E-state index is -0.612. The topological polar surface area (TPSA) is 131 Å². The number of ether oxygens (including phenoxy) is 2. The van der Waals surface area contributed by atoms with Gasteiger partial charge in [0.1, 0.15) is 6.29 Å². The van der Waals surface area contributed by atoms with Crippen molar-refractivity contribution in [3.63, 3.8) is 0 Å². The van der Waals surface area contributed by atoms with E-state index in [2.05, 4.69) is 49.3 Å². The van der Waals surface area contributed by atoms with E-state index in [1.165, 1.54) is 31.0 Å². The predicted molar refractivity (Wildman–Crippen MR) is 140 cm³/mol. The van der Waals surface area contributed by atoms with Gasteiger partial charge in [-0.05, 0) is 24.0 Å². The Kier molecular flexibility index (Phi) is 18.5. The number of hydrogen-bond acceptors (Lipinski definition) is 8. The van der Waals surface area contributed by atoms with Crippen LogP contribution in [0.1, 0.15) is 37.3 Å². The molecular weight excluding hydrogens is 448 g/mol. The van der Waals surface area contributed by atoms with Crippen molar-refractivity contribution in [3.8, 4) is 0 Å². The summed E-state index contributed by atoms with van der Waals surface area (Å²) in [6.07, 6.45) is 8.54. The van der Waals surface area contributed by atoms with Crippen LogP contribution in [0.15, 0.2) is 59.8 Å². The molecule has 1 rings (SSSR count). The van der Waals surface area contributed by atoms with Crippen LogP contribution in [0.5, 0.6) is 0 Å². The minimum absolute atomic E-state index is 0.0242. The average molecular weight is 489 g/mol. The van der Waals surface area contributed by atoms with Gasteiger partial charge in [0.05, 0.1) is 32.0 Å². The second kappa shape index (κ2) is 20.3. The monoisotopic (exact) mass is 488 g/mol. The molecule has 0 fully saturated rings. The van der Waals surface area contributed by atoms with Gasteiger partial charge in [0.2, 0.25) is 0 Å². The summed E-state index contributed by atoms with van der Waals surface area (Å²) in [5.74, 6) is -0.717. The van der Waals surface area contributed by atoms with Crippen molar-refractivity contribution in [1.29, 1.82) is 0 Å². The molecule has 0 aliphatic heterocycles. The molecule has 1 atom stereocenters. The standard InChI is InChI=1S/C23H34N2O4.C4H6O2/c1-4-5-6-7-19-8-10-21(11-9-19)22(12-24)14-25-13-20(16-28-3)17-29-23(27)18(2)15-26;1-4(2-5)3-6/h8-12,14,20,26H,2,4-7,13,15-17,24H2,1,3H3;2,6H,1,3H2/b22-12+,25-14?;. The lowest BCUT2D eigenvalue weighted by molar-refractivity contribution is -0.141. The van der Waals surface area contributed by atoms with E-state index < -0.39 is 12.6 Å². The third-order valence-electron chi connectivity index (χ3n) is 4.83. The van der Waals surface area contributed by atoms with Crippen LogP contribution in [0, 0.1) is 5.92 Å². The van der Waals surface area contributed by atoms with Crippen LogP contribution in [0.4, 0.5) is 0 Å². The number of carbonyl (C=O) groups excluding carboxylic acids is 2. The third-order valence-corrected chi connectivity index (χ3v) is 4.83. The van der Waals surface area contributed by atoms with E-state index in [9.17, 15) is 9.59 Å². The first-order chi connectivity index (χ1) is 16.9. The van der Waals surface area contributed by atoms with Gasteiger partial charge in [0, 0.05) is 43.1 Å². The zero-order chi connectivity index (χ0) is 26.5. The summed E-state index contributed by atoms with van der Waals surface area (Å²) in [6, 6.07) is 8.37. The Morgan fingerprint density at radius 3 is 2.31 bits per heavy atom. The molecule has 0 aliphatic carbocycles. The second-order valence-corrected chi connectivity index (χ2v) is 7.89. The SMILES string of the molecule is C=C(C=O)CO.C=C(CO)C(=O)OCC(CN=C/C(=C\N)c1ccc(CCCCC)cc1)COC. The molecule has 0 bridgehead atoms. The van der Waals surface area contributed by atoms with Crippen molar-refractivity contribution in [3.05, 3.63) is 65.9 Å². The number of aldehydes is 1. The number of hydrogen-bond donors (Lipinski definition) is 3. The van der Waals surface area contributed by atoms with Crippen LogP contribution < -0.4 is 5.73 Å². The number of aliphatic hydroxyl groups excluding tert-OH is 2. The van der Waals surface area contributed by atoms with Crippen LogP contribution in [0.2, 0.25) is 0 Å². The summed E-state index contributed by atoms with van der Waals surface area (Å²) in [5.41, 5.74) is 9.18. The Morgan fingerprint density at radius 2 is 1.83 bits per heavy atom. The molecule has 0 amide bonds. The molecule has 1 aromatic carbocycles. The van der Waals surface area contributed by atoms with E-state index in [1.807, 2.05) is 0 Å². The lowest BCUT2D eigenvalue weighted by Gasteiger charge is -2.14. The summed E-state index contributed by atoms with van der Waals surface area (Å²) in [6.45, 7) is 9.11. The molecule has 35 heavy (non-hydrogen) atoms.